The van der Waals surface area contributed by atoms with Crippen LogP contribution >= 0.6 is 22.9 Å². The lowest BCUT2D eigenvalue weighted by molar-refractivity contribution is -0.917. The molecule has 2 aliphatic rings. The van der Waals surface area contributed by atoms with Crippen LogP contribution in [0, 0.1) is 0 Å². The molecule has 0 amide bonds. The van der Waals surface area contributed by atoms with E-state index in [1.165, 1.54) is 26.1 Å². The highest BCUT2D eigenvalue weighted by Gasteiger charge is 2.31. The van der Waals surface area contributed by atoms with E-state index in [9.17, 15) is 13.2 Å². The highest BCUT2D eigenvalue weighted by atomic mass is 35.5. The summed E-state index contributed by atoms with van der Waals surface area (Å²) >= 11 is 7.53. The van der Waals surface area contributed by atoms with Crippen molar-refractivity contribution < 1.29 is 13.3 Å². The number of H-pyrrole nitrogens is 1. The molecular formula is C21H24ClN4O3S2+. The molecule has 0 bridgehead atoms. The number of aromatic nitrogens is 2. The molecule has 3 aromatic rings. The zero-order valence-corrected chi connectivity index (χ0v) is 19.4. The Morgan fingerprint density at radius 1 is 1.13 bits per heavy atom. The van der Waals surface area contributed by atoms with Crippen molar-refractivity contribution in [3.8, 4) is 0 Å². The van der Waals surface area contributed by atoms with Crippen LogP contribution in [0.2, 0.25) is 5.02 Å². The number of rotatable bonds is 4. The van der Waals surface area contributed by atoms with Gasteiger partial charge in [-0.25, -0.2) is 13.4 Å². The Morgan fingerprint density at radius 2 is 1.84 bits per heavy atom. The molecule has 0 unspecified atom stereocenters. The predicted octanol–water partition coefficient (Wildman–Crippen LogP) is 1.61. The van der Waals surface area contributed by atoms with Crippen LogP contribution in [-0.4, -0.2) is 48.9 Å². The number of hydrogen-bond acceptors (Lipinski definition) is 5. The summed E-state index contributed by atoms with van der Waals surface area (Å²) in [6.07, 6.45) is 4.32. The molecule has 1 aliphatic heterocycles. The monoisotopic (exact) mass is 479 g/mol. The van der Waals surface area contributed by atoms with Crippen LogP contribution in [0.3, 0.4) is 0 Å². The molecule has 1 aliphatic carbocycles. The quantitative estimate of drug-likeness (QED) is 0.595. The number of halogens is 1. The molecule has 164 valence electrons. The Balaban J connectivity index is 1.29. The number of fused-ring (bicyclic) bond motifs is 3. The van der Waals surface area contributed by atoms with Crippen molar-refractivity contribution in [3.05, 3.63) is 55.9 Å². The summed E-state index contributed by atoms with van der Waals surface area (Å²) in [6, 6.07) is 6.27. The van der Waals surface area contributed by atoms with E-state index < -0.39 is 10.0 Å². The van der Waals surface area contributed by atoms with E-state index in [2.05, 4.69) is 4.98 Å². The van der Waals surface area contributed by atoms with Crippen LogP contribution in [-0.2, 0) is 29.4 Å². The second-order valence-electron chi connectivity index (χ2n) is 8.19. The van der Waals surface area contributed by atoms with Gasteiger partial charge in [0.15, 0.2) is 5.82 Å². The molecule has 0 saturated carbocycles. The maximum Gasteiger partial charge on any atom is 0.260 e. The number of piperazine rings is 1. The highest BCUT2D eigenvalue weighted by Crippen LogP contribution is 2.33. The molecule has 2 aromatic heterocycles. The number of nitrogens with one attached hydrogen (secondary N) is 2. The molecule has 0 atom stereocenters. The Bertz CT molecular complexity index is 1280. The van der Waals surface area contributed by atoms with Crippen LogP contribution in [0.4, 0.5) is 0 Å². The first-order valence-electron chi connectivity index (χ1n) is 10.5. The van der Waals surface area contributed by atoms with Crippen molar-refractivity contribution in [2.24, 2.45) is 0 Å². The summed E-state index contributed by atoms with van der Waals surface area (Å²) in [4.78, 5) is 24.1. The highest BCUT2D eigenvalue weighted by molar-refractivity contribution is 7.89. The summed E-state index contributed by atoms with van der Waals surface area (Å²) in [5.74, 6) is 0.681. The van der Waals surface area contributed by atoms with Gasteiger partial charge in [-0.15, -0.1) is 11.3 Å². The van der Waals surface area contributed by atoms with Gasteiger partial charge >= 0.3 is 0 Å². The Kier molecular flexibility index (Phi) is 5.64. The lowest BCUT2D eigenvalue weighted by Gasteiger charge is -2.31. The van der Waals surface area contributed by atoms with E-state index in [0.29, 0.717) is 43.6 Å². The molecule has 10 heteroatoms. The zero-order valence-electron chi connectivity index (χ0n) is 17.0. The summed E-state index contributed by atoms with van der Waals surface area (Å²) in [5.41, 5.74) is 1.16. The maximum atomic E-state index is 12.9. The number of benzene rings is 1. The Morgan fingerprint density at radius 3 is 2.58 bits per heavy atom. The predicted molar refractivity (Wildman–Crippen MR) is 121 cm³/mol. The second kappa shape index (κ2) is 8.29. The van der Waals surface area contributed by atoms with Crippen LogP contribution in [0.25, 0.3) is 10.2 Å². The molecule has 5 rings (SSSR count). The second-order valence-corrected chi connectivity index (χ2v) is 11.6. The van der Waals surface area contributed by atoms with E-state index in [0.717, 1.165) is 29.5 Å². The number of quaternary nitrogens is 1. The first-order valence-corrected chi connectivity index (χ1v) is 13.2. The molecular weight excluding hydrogens is 456 g/mol. The number of sulfonamides is 1. The summed E-state index contributed by atoms with van der Waals surface area (Å²) < 4.78 is 27.3. The third-order valence-electron chi connectivity index (χ3n) is 6.17. The van der Waals surface area contributed by atoms with Crippen molar-refractivity contribution in [2.75, 3.05) is 26.2 Å². The summed E-state index contributed by atoms with van der Waals surface area (Å²) in [7, 11) is -3.52. The van der Waals surface area contributed by atoms with Gasteiger partial charge in [-0.05, 0) is 55.5 Å². The first kappa shape index (κ1) is 21.1. The minimum absolute atomic E-state index is 0.0391. The van der Waals surface area contributed by atoms with E-state index in [1.54, 1.807) is 35.6 Å². The smallest absolute Gasteiger partial charge is 0.260 e. The normalized spacial score (nSPS) is 18.4. The lowest BCUT2D eigenvalue weighted by Crippen LogP contribution is -3.13. The fraction of sp³-hybridized carbons (Fsp3) is 0.429. The average Bonchev–Trinajstić information content (AvgIpc) is 3.13. The molecule has 0 radical (unpaired) electrons. The number of nitrogens with zero attached hydrogens (tertiary/aromatic N) is 2. The van der Waals surface area contributed by atoms with Crippen LogP contribution in [0.1, 0.15) is 29.1 Å². The summed E-state index contributed by atoms with van der Waals surface area (Å²) in [5, 5.41) is 1.29. The number of aryl methyl sites for hydroxylation is 2. The van der Waals surface area contributed by atoms with Gasteiger partial charge in [0.2, 0.25) is 10.0 Å². The van der Waals surface area contributed by atoms with E-state index >= 15 is 0 Å². The Hall–Kier alpha value is -1.78. The first-order chi connectivity index (χ1) is 14.9. The van der Waals surface area contributed by atoms with Gasteiger partial charge in [0.05, 0.1) is 36.5 Å². The van der Waals surface area contributed by atoms with Gasteiger partial charge in [0.1, 0.15) is 11.4 Å². The molecule has 0 spiro atoms. The Labute approximate surface area is 189 Å². The SMILES string of the molecule is O=c1[nH]c(C[NH+]2CCN(S(=O)(=O)c3ccc(Cl)cc3)CC2)nc2sc3c(c12)CCCC3. The number of hydrogen-bond donors (Lipinski definition) is 2. The third kappa shape index (κ3) is 4.05. The minimum Gasteiger partial charge on any atom is -0.326 e. The van der Waals surface area contributed by atoms with Crippen molar-refractivity contribution in [1.29, 1.82) is 0 Å². The average molecular weight is 480 g/mol. The van der Waals surface area contributed by atoms with E-state index in [4.69, 9.17) is 16.6 Å². The molecule has 1 fully saturated rings. The van der Waals surface area contributed by atoms with Crippen molar-refractivity contribution in [1.82, 2.24) is 14.3 Å². The lowest BCUT2D eigenvalue weighted by atomic mass is 9.97. The van der Waals surface area contributed by atoms with E-state index in [1.807, 2.05) is 0 Å². The van der Waals surface area contributed by atoms with Crippen LogP contribution < -0.4 is 10.5 Å². The summed E-state index contributed by atoms with van der Waals surface area (Å²) in [6.45, 7) is 2.77. The standard InChI is InChI=1S/C21H23ClN4O3S2/c22-14-5-7-15(8-6-14)31(28,29)26-11-9-25(10-12-26)13-18-23-20(27)19-16-3-1-2-4-17(16)30-21(19)24-18/h5-8H,1-4,9-13H2,(H,23,24,27)/p+1. The fourth-order valence-corrected chi connectivity index (χ4v) is 7.35. The molecule has 7 nitrogen and oxygen atoms in total. The van der Waals surface area contributed by atoms with Gasteiger partial charge < -0.3 is 9.88 Å². The van der Waals surface area contributed by atoms with Crippen LogP contribution in [0.15, 0.2) is 34.0 Å². The van der Waals surface area contributed by atoms with Crippen molar-refractivity contribution in [3.63, 3.8) is 0 Å². The van der Waals surface area contributed by atoms with Crippen molar-refractivity contribution >= 4 is 43.2 Å². The molecule has 3 heterocycles. The van der Waals surface area contributed by atoms with E-state index in [-0.39, 0.29) is 10.5 Å². The topological polar surface area (TPSA) is 87.6 Å². The minimum atomic E-state index is -3.52. The van der Waals surface area contributed by atoms with Crippen LogP contribution in [0.5, 0.6) is 0 Å². The third-order valence-corrected chi connectivity index (χ3v) is 9.52. The molecule has 31 heavy (non-hydrogen) atoms. The van der Waals surface area contributed by atoms with Gasteiger partial charge in [-0.3, -0.25) is 4.79 Å². The van der Waals surface area contributed by atoms with Gasteiger partial charge in [0.25, 0.3) is 5.56 Å². The number of thiophene rings is 1. The van der Waals surface area contributed by atoms with Gasteiger partial charge in [0, 0.05) is 9.90 Å². The number of aromatic amines is 1. The van der Waals surface area contributed by atoms with Gasteiger partial charge in [-0.1, -0.05) is 11.6 Å². The molecule has 1 saturated heterocycles. The van der Waals surface area contributed by atoms with Gasteiger partial charge in [-0.2, -0.15) is 4.31 Å². The largest absolute Gasteiger partial charge is 0.326 e. The maximum absolute atomic E-state index is 12.9. The molecule has 1 aromatic carbocycles. The zero-order chi connectivity index (χ0) is 21.6. The molecule has 2 N–H and O–H groups in total. The van der Waals surface area contributed by atoms with Crippen molar-refractivity contribution in [2.45, 2.75) is 37.1 Å². The fourth-order valence-electron chi connectivity index (χ4n) is 4.50.